The Balaban J connectivity index is 1.62. The SMILES string of the molecule is COc1cc(F)c(C(C)C)cc1-c1ccc(C(F)(F)F)cc1[C@@H]1CC[C@H]2[C@@H](c3ccnc(C(F)(F)F)c3)SC(=O)N12. The number of methoxy groups -OCH3 is 1. The Kier molecular flexibility index (Phi) is 7.50. The molecule has 0 aliphatic carbocycles. The van der Waals surface area contributed by atoms with E-state index < -0.39 is 52.0 Å². The van der Waals surface area contributed by atoms with Crippen LogP contribution in [0, 0.1) is 5.82 Å². The molecule has 2 aromatic carbocycles. The maximum absolute atomic E-state index is 14.8. The fraction of sp³-hybridized carbons (Fsp3) is 0.379. The van der Waals surface area contributed by atoms with Crippen LogP contribution < -0.4 is 4.74 Å². The molecule has 2 aliphatic rings. The summed E-state index contributed by atoms with van der Waals surface area (Å²) in [6.07, 6.45) is -7.64. The number of fused-ring (bicyclic) bond motifs is 1. The molecule has 41 heavy (non-hydrogen) atoms. The number of pyridine rings is 1. The van der Waals surface area contributed by atoms with Gasteiger partial charge in [0, 0.05) is 23.9 Å². The Bertz CT molecular complexity index is 1490. The van der Waals surface area contributed by atoms with Gasteiger partial charge in [-0.25, -0.2) is 4.39 Å². The Morgan fingerprint density at radius 3 is 2.34 bits per heavy atom. The van der Waals surface area contributed by atoms with Crippen molar-refractivity contribution in [3.63, 3.8) is 0 Å². The van der Waals surface area contributed by atoms with Crippen molar-refractivity contribution in [1.29, 1.82) is 0 Å². The largest absolute Gasteiger partial charge is 0.496 e. The van der Waals surface area contributed by atoms with Crippen molar-refractivity contribution >= 4 is 17.0 Å². The summed E-state index contributed by atoms with van der Waals surface area (Å²) in [5, 5.41) is -1.09. The monoisotopic (exact) mass is 598 g/mol. The molecule has 1 amide bonds. The van der Waals surface area contributed by atoms with Crippen LogP contribution in [0.3, 0.4) is 0 Å². The molecule has 3 aromatic rings. The van der Waals surface area contributed by atoms with Crippen molar-refractivity contribution in [3.8, 4) is 16.9 Å². The molecule has 0 N–H and O–H groups in total. The third-order valence-electron chi connectivity index (χ3n) is 7.59. The molecule has 2 fully saturated rings. The fourth-order valence-electron chi connectivity index (χ4n) is 5.67. The number of aromatic nitrogens is 1. The van der Waals surface area contributed by atoms with Gasteiger partial charge in [-0.2, -0.15) is 26.3 Å². The van der Waals surface area contributed by atoms with Crippen LogP contribution in [-0.4, -0.2) is 28.3 Å². The highest BCUT2D eigenvalue weighted by molar-refractivity contribution is 8.14. The van der Waals surface area contributed by atoms with Gasteiger partial charge in [-0.15, -0.1) is 0 Å². The first-order valence-corrected chi connectivity index (χ1v) is 13.7. The van der Waals surface area contributed by atoms with E-state index in [4.69, 9.17) is 4.74 Å². The molecular weight excluding hydrogens is 573 g/mol. The van der Waals surface area contributed by atoms with E-state index in [1.807, 2.05) is 0 Å². The maximum Gasteiger partial charge on any atom is 0.433 e. The number of thioether (sulfide) groups is 1. The lowest BCUT2D eigenvalue weighted by atomic mass is 9.89. The molecule has 0 spiro atoms. The van der Waals surface area contributed by atoms with E-state index >= 15 is 0 Å². The third kappa shape index (κ3) is 5.38. The zero-order valence-corrected chi connectivity index (χ0v) is 22.9. The highest BCUT2D eigenvalue weighted by Gasteiger charge is 2.50. The smallest absolute Gasteiger partial charge is 0.433 e. The summed E-state index contributed by atoms with van der Waals surface area (Å²) < 4.78 is 102. The summed E-state index contributed by atoms with van der Waals surface area (Å²) >= 11 is 0.851. The molecule has 1 aromatic heterocycles. The Labute approximate surface area is 235 Å². The zero-order chi connectivity index (χ0) is 29.9. The minimum absolute atomic E-state index is 0.124. The van der Waals surface area contributed by atoms with Crippen LogP contribution in [0.1, 0.15) is 71.8 Å². The van der Waals surface area contributed by atoms with Crippen molar-refractivity contribution in [3.05, 3.63) is 82.4 Å². The first-order chi connectivity index (χ1) is 19.2. The molecule has 0 radical (unpaired) electrons. The van der Waals surface area contributed by atoms with Gasteiger partial charge in [-0.3, -0.25) is 9.78 Å². The molecule has 0 saturated carbocycles. The molecule has 2 saturated heterocycles. The predicted octanol–water partition coefficient (Wildman–Crippen LogP) is 9.17. The van der Waals surface area contributed by atoms with Gasteiger partial charge in [-0.1, -0.05) is 31.7 Å². The van der Waals surface area contributed by atoms with Crippen LogP contribution in [0.2, 0.25) is 0 Å². The van der Waals surface area contributed by atoms with E-state index in [1.54, 1.807) is 19.9 Å². The molecular formula is C29H25F7N2O2S. The van der Waals surface area contributed by atoms with Crippen molar-refractivity contribution in [1.82, 2.24) is 9.88 Å². The zero-order valence-electron chi connectivity index (χ0n) is 22.1. The number of hydrogen-bond acceptors (Lipinski definition) is 4. The number of ether oxygens (including phenoxy) is 1. The van der Waals surface area contributed by atoms with E-state index in [1.165, 1.54) is 30.2 Å². The van der Waals surface area contributed by atoms with Crippen molar-refractivity contribution < 1.29 is 40.3 Å². The first-order valence-electron chi connectivity index (χ1n) is 12.8. The maximum atomic E-state index is 14.8. The summed E-state index contributed by atoms with van der Waals surface area (Å²) in [6, 6.07) is 6.98. The minimum atomic E-state index is -4.67. The molecule has 5 rings (SSSR count). The van der Waals surface area contributed by atoms with Gasteiger partial charge in [0.2, 0.25) is 0 Å². The highest BCUT2D eigenvalue weighted by Crippen LogP contribution is 2.55. The van der Waals surface area contributed by atoms with Crippen LogP contribution in [0.5, 0.6) is 5.75 Å². The number of nitrogens with zero attached hydrogens (tertiary/aromatic N) is 2. The Hall–Kier alpha value is -3.28. The number of carbonyl (C=O) groups is 1. The molecule has 12 heteroatoms. The van der Waals surface area contributed by atoms with Gasteiger partial charge in [0.25, 0.3) is 5.24 Å². The van der Waals surface area contributed by atoms with Gasteiger partial charge in [0.05, 0.1) is 24.0 Å². The molecule has 0 bridgehead atoms. The summed E-state index contributed by atoms with van der Waals surface area (Å²) in [4.78, 5) is 18.2. The lowest BCUT2D eigenvalue weighted by Gasteiger charge is -2.28. The molecule has 0 unspecified atom stereocenters. The topological polar surface area (TPSA) is 42.4 Å². The van der Waals surface area contributed by atoms with Crippen LogP contribution in [0.4, 0.5) is 35.5 Å². The number of carbonyl (C=O) groups excluding carboxylic acids is 1. The van der Waals surface area contributed by atoms with Crippen LogP contribution in [0.15, 0.2) is 48.7 Å². The van der Waals surface area contributed by atoms with Crippen LogP contribution >= 0.6 is 11.8 Å². The second-order valence-corrected chi connectivity index (χ2v) is 11.5. The average molecular weight is 599 g/mol. The second-order valence-electron chi connectivity index (χ2n) is 10.4. The molecule has 218 valence electrons. The molecule has 3 atom stereocenters. The summed E-state index contributed by atoms with van der Waals surface area (Å²) in [7, 11) is 1.33. The van der Waals surface area contributed by atoms with Crippen molar-refractivity contribution in [2.24, 2.45) is 0 Å². The molecule has 3 heterocycles. The van der Waals surface area contributed by atoms with Crippen LogP contribution in [-0.2, 0) is 12.4 Å². The third-order valence-corrected chi connectivity index (χ3v) is 8.84. The standard InChI is InChI=1S/C29H25F7N2O2S/c1-14(2)18-12-20(24(40-3)13-21(18)30)17-5-4-16(28(31,32)33)11-19(17)22-6-7-23-26(41-27(39)38(22)23)15-8-9-37-25(10-15)29(34,35)36/h4-5,8-14,22-23,26H,6-7H2,1-3H3/t22-,23-,26+/m0/s1. The van der Waals surface area contributed by atoms with Gasteiger partial charge in [-0.05, 0) is 71.3 Å². The Morgan fingerprint density at radius 2 is 1.71 bits per heavy atom. The van der Waals surface area contributed by atoms with Crippen molar-refractivity contribution in [2.45, 2.75) is 62.3 Å². The number of benzene rings is 2. The quantitative estimate of drug-likeness (QED) is 0.275. The second kappa shape index (κ2) is 10.5. The minimum Gasteiger partial charge on any atom is -0.496 e. The van der Waals surface area contributed by atoms with Gasteiger partial charge < -0.3 is 9.64 Å². The van der Waals surface area contributed by atoms with E-state index in [9.17, 15) is 35.5 Å². The highest BCUT2D eigenvalue weighted by atomic mass is 32.2. The number of halogens is 7. The van der Waals surface area contributed by atoms with Crippen molar-refractivity contribution in [2.75, 3.05) is 7.11 Å². The summed E-state index contributed by atoms with van der Waals surface area (Å²) in [5.41, 5.74) is -0.434. The predicted molar refractivity (Wildman–Crippen MR) is 140 cm³/mol. The number of alkyl halides is 6. The fourth-order valence-corrected chi connectivity index (χ4v) is 6.98. The molecule has 4 nitrogen and oxygen atoms in total. The lowest BCUT2D eigenvalue weighted by molar-refractivity contribution is -0.141. The number of amides is 1. The summed E-state index contributed by atoms with van der Waals surface area (Å²) in [6.45, 7) is 3.57. The first kappa shape index (κ1) is 29.2. The number of rotatable bonds is 5. The van der Waals surface area contributed by atoms with E-state index in [0.29, 0.717) is 29.5 Å². The lowest BCUT2D eigenvalue weighted by Crippen LogP contribution is -2.31. The van der Waals surface area contributed by atoms with Gasteiger partial charge in [0.15, 0.2) is 0 Å². The van der Waals surface area contributed by atoms with Gasteiger partial charge in [0.1, 0.15) is 17.3 Å². The normalized spacial score (nSPS) is 21.1. The molecule has 2 aliphatic heterocycles. The average Bonchev–Trinajstić information content (AvgIpc) is 3.48. The summed E-state index contributed by atoms with van der Waals surface area (Å²) in [5.74, 6) is -0.619. The van der Waals surface area contributed by atoms with Crippen LogP contribution in [0.25, 0.3) is 11.1 Å². The van der Waals surface area contributed by atoms with E-state index in [-0.39, 0.29) is 22.8 Å². The number of hydrogen-bond donors (Lipinski definition) is 0. The van der Waals surface area contributed by atoms with Gasteiger partial charge >= 0.3 is 12.4 Å². The van der Waals surface area contributed by atoms with E-state index in [0.717, 1.165) is 36.2 Å². The van der Waals surface area contributed by atoms with E-state index in [2.05, 4.69) is 4.98 Å². The Morgan fingerprint density at radius 1 is 0.976 bits per heavy atom.